The monoisotopic (exact) mass is 290 g/mol. The fourth-order valence-electron chi connectivity index (χ4n) is 1.70. The Morgan fingerprint density at radius 1 is 1.30 bits per heavy atom. The van der Waals surface area contributed by atoms with Gasteiger partial charge in [0.15, 0.2) is 17.5 Å². The van der Waals surface area contributed by atoms with E-state index in [1.54, 1.807) is 6.92 Å². The summed E-state index contributed by atoms with van der Waals surface area (Å²) in [5, 5.41) is 11.3. The number of hydrogen-bond donors (Lipinski definition) is 2. The smallest absolute Gasteiger partial charge is 0.317 e. The number of rotatable bonds is 6. The second-order valence-electron chi connectivity index (χ2n) is 4.16. The van der Waals surface area contributed by atoms with Gasteiger partial charge in [-0.1, -0.05) is 0 Å². The summed E-state index contributed by atoms with van der Waals surface area (Å²) in [7, 11) is 0. The van der Waals surface area contributed by atoms with Crippen LogP contribution in [-0.2, 0) is 6.42 Å². The minimum Gasteiger partial charge on any atom is -0.395 e. The largest absolute Gasteiger partial charge is 0.395 e. The van der Waals surface area contributed by atoms with Gasteiger partial charge in [-0.25, -0.2) is 18.0 Å². The molecular weight excluding hydrogens is 273 g/mol. The van der Waals surface area contributed by atoms with Crippen molar-refractivity contribution in [2.45, 2.75) is 13.3 Å². The molecule has 112 valence electrons. The maximum absolute atomic E-state index is 13.0. The van der Waals surface area contributed by atoms with Gasteiger partial charge in [-0.3, -0.25) is 0 Å². The molecule has 0 aliphatic rings. The predicted octanol–water partition coefficient (Wildman–Crippen LogP) is 1.67. The van der Waals surface area contributed by atoms with E-state index in [-0.39, 0.29) is 37.7 Å². The Morgan fingerprint density at radius 2 is 1.90 bits per heavy atom. The number of aliphatic hydroxyl groups is 1. The molecule has 0 aliphatic heterocycles. The number of carbonyl (C=O) groups excluding carboxylic acids is 1. The van der Waals surface area contributed by atoms with Crippen LogP contribution in [0.25, 0.3) is 0 Å². The maximum atomic E-state index is 13.0. The highest BCUT2D eigenvalue weighted by molar-refractivity contribution is 5.74. The molecule has 0 saturated carbocycles. The number of amides is 2. The van der Waals surface area contributed by atoms with Crippen LogP contribution < -0.4 is 5.32 Å². The molecule has 4 nitrogen and oxygen atoms in total. The quantitative estimate of drug-likeness (QED) is 0.783. The average molecular weight is 290 g/mol. The van der Waals surface area contributed by atoms with Crippen LogP contribution in [0.4, 0.5) is 18.0 Å². The Kier molecular flexibility index (Phi) is 6.30. The first-order valence-corrected chi connectivity index (χ1v) is 6.26. The second-order valence-corrected chi connectivity index (χ2v) is 4.16. The number of nitrogens with one attached hydrogen (secondary N) is 1. The van der Waals surface area contributed by atoms with Gasteiger partial charge in [0, 0.05) is 19.6 Å². The van der Waals surface area contributed by atoms with Crippen molar-refractivity contribution in [2.75, 3.05) is 26.2 Å². The molecule has 0 fully saturated rings. The van der Waals surface area contributed by atoms with Crippen molar-refractivity contribution in [1.29, 1.82) is 0 Å². The van der Waals surface area contributed by atoms with Crippen molar-refractivity contribution in [3.05, 3.63) is 35.1 Å². The summed E-state index contributed by atoms with van der Waals surface area (Å²) in [5.41, 5.74) is 0.256. The van der Waals surface area contributed by atoms with Crippen molar-refractivity contribution in [3.63, 3.8) is 0 Å². The molecule has 0 heterocycles. The molecular formula is C13H17F3N2O2. The molecule has 1 rings (SSSR count). The lowest BCUT2D eigenvalue weighted by atomic mass is 10.1. The Balaban J connectivity index is 2.50. The molecule has 0 atom stereocenters. The van der Waals surface area contributed by atoms with Gasteiger partial charge in [0.1, 0.15) is 0 Å². The third-order valence-corrected chi connectivity index (χ3v) is 2.77. The first kappa shape index (κ1) is 16.3. The first-order valence-electron chi connectivity index (χ1n) is 6.26. The van der Waals surface area contributed by atoms with Crippen molar-refractivity contribution in [1.82, 2.24) is 10.2 Å². The van der Waals surface area contributed by atoms with Gasteiger partial charge in [-0.2, -0.15) is 0 Å². The molecule has 0 bridgehead atoms. The van der Waals surface area contributed by atoms with Crippen LogP contribution in [0.2, 0.25) is 0 Å². The van der Waals surface area contributed by atoms with E-state index in [1.807, 2.05) is 0 Å². The van der Waals surface area contributed by atoms with E-state index in [0.717, 1.165) is 12.1 Å². The summed E-state index contributed by atoms with van der Waals surface area (Å²) in [4.78, 5) is 13.0. The molecule has 7 heteroatoms. The minimum atomic E-state index is -1.50. The number of benzene rings is 1. The molecule has 2 N–H and O–H groups in total. The molecule has 0 saturated heterocycles. The lowest BCUT2D eigenvalue weighted by molar-refractivity contribution is 0.180. The lowest BCUT2D eigenvalue weighted by Gasteiger charge is -2.20. The van der Waals surface area contributed by atoms with Crippen LogP contribution in [-0.4, -0.2) is 42.3 Å². The summed E-state index contributed by atoms with van der Waals surface area (Å²) in [6, 6.07) is 1.43. The third kappa shape index (κ3) is 4.41. The molecule has 0 radical (unpaired) electrons. The average Bonchev–Trinajstić information content (AvgIpc) is 2.41. The Morgan fingerprint density at radius 3 is 2.40 bits per heavy atom. The van der Waals surface area contributed by atoms with E-state index in [0.29, 0.717) is 6.54 Å². The van der Waals surface area contributed by atoms with E-state index in [1.165, 1.54) is 4.90 Å². The van der Waals surface area contributed by atoms with Crippen molar-refractivity contribution >= 4 is 6.03 Å². The van der Waals surface area contributed by atoms with Crippen molar-refractivity contribution < 1.29 is 23.1 Å². The van der Waals surface area contributed by atoms with Gasteiger partial charge in [-0.15, -0.1) is 0 Å². The number of aliphatic hydroxyl groups excluding tert-OH is 1. The number of urea groups is 1. The number of hydrogen-bond acceptors (Lipinski definition) is 2. The molecule has 1 aromatic carbocycles. The van der Waals surface area contributed by atoms with Crippen LogP contribution in [0.15, 0.2) is 12.1 Å². The molecule has 0 aliphatic carbocycles. The molecule has 0 unspecified atom stereocenters. The highest BCUT2D eigenvalue weighted by Crippen LogP contribution is 2.13. The van der Waals surface area contributed by atoms with E-state index < -0.39 is 17.5 Å². The van der Waals surface area contributed by atoms with Gasteiger partial charge in [0.2, 0.25) is 0 Å². The summed E-state index contributed by atoms with van der Waals surface area (Å²) >= 11 is 0. The van der Waals surface area contributed by atoms with Crippen molar-refractivity contribution in [2.24, 2.45) is 0 Å². The number of halogens is 3. The predicted molar refractivity (Wildman–Crippen MR) is 67.8 cm³/mol. The zero-order valence-electron chi connectivity index (χ0n) is 11.1. The highest BCUT2D eigenvalue weighted by Gasteiger charge is 2.12. The SMILES string of the molecule is CCN(CCO)C(=O)NCCc1cc(F)c(F)c(F)c1. The summed E-state index contributed by atoms with van der Waals surface area (Å²) in [5.74, 6) is -4.00. The van der Waals surface area contributed by atoms with Crippen LogP contribution in [0.1, 0.15) is 12.5 Å². The Labute approximate surface area is 115 Å². The van der Waals surface area contributed by atoms with Crippen LogP contribution in [0.5, 0.6) is 0 Å². The molecule has 2 amide bonds. The normalized spacial score (nSPS) is 10.4. The summed E-state index contributed by atoms with van der Waals surface area (Å²) in [6.45, 7) is 2.43. The van der Waals surface area contributed by atoms with Gasteiger partial charge < -0.3 is 15.3 Å². The number of nitrogens with zero attached hydrogens (tertiary/aromatic N) is 1. The Hall–Kier alpha value is -1.76. The van der Waals surface area contributed by atoms with E-state index in [4.69, 9.17) is 5.11 Å². The van der Waals surface area contributed by atoms with Crippen LogP contribution in [0.3, 0.4) is 0 Å². The van der Waals surface area contributed by atoms with E-state index in [2.05, 4.69) is 5.32 Å². The third-order valence-electron chi connectivity index (χ3n) is 2.77. The minimum absolute atomic E-state index is 0.143. The standard InChI is InChI=1S/C13H17F3N2O2/c1-2-18(5-6-19)13(20)17-4-3-9-7-10(14)12(16)11(15)8-9/h7-8,19H,2-6H2,1H3,(H,17,20). The molecule has 1 aromatic rings. The zero-order valence-corrected chi connectivity index (χ0v) is 11.1. The fraction of sp³-hybridized carbons (Fsp3) is 0.462. The second kappa shape index (κ2) is 7.74. The number of likely N-dealkylation sites (N-methyl/N-ethyl adjacent to an activating group) is 1. The van der Waals surface area contributed by atoms with Gasteiger partial charge >= 0.3 is 6.03 Å². The van der Waals surface area contributed by atoms with Gasteiger partial charge in [0.05, 0.1) is 6.61 Å². The first-order chi connectivity index (χ1) is 9.49. The summed E-state index contributed by atoms with van der Waals surface area (Å²) < 4.78 is 38.7. The summed E-state index contributed by atoms with van der Waals surface area (Å²) in [6.07, 6.45) is 0.177. The van der Waals surface area contributed by atoms with Gasteiger partial charge in [0.25, 0.3) is 0 Å². The van der Waals surface area contributed by atoms with Crippen LogP contribution in [0, 0.1) is 17.5 Å². The van der Waals surface area contributed by atoms with Crippen LogP contribution >= 0.6 is 0 Å². The van der Waals surface area contributed by atoms with E-state index in [9.17, 15) is 18.0 Å². The highest BCUT2D eigenvalue weighted by atomic mass is 19.2. The van der Waals surface area contributed by atoms with E-state index >= 15 is 0 Å². The molecule has 0 spiro atoms. The lowest BCUT2D eigenvalue weighted by Crippen LogP contribution is -2.42. The topological polar surface area (TPSA) is 52.6 Å². The van der Waals surface area contributed by atoms with Crippen molar-refractivity contribution in [3.8, 4) is 0 Å². The zero-order chi connectivity index (χ0) is 15.1. The van der Waals surface area contributed by atoms with Gasteiger partial charge in [-0.05, 0) is 31.0 Å². The maximum Gasteiger partial charge on any atom is 0.317 e. The number of carbonyl (C=O) groups is 1. The fourth-order valence-corrected chi connectivity index (χ4v) is 1.70. The Bertz CT molecular complexity index is 446. The molecule has 20 heavy (non-hydrogen) atoms. The molecule has 0 aromatic heterocycles.